The first-order chi connectivity index (χ1) is 8.69. The first kappa shape index (κ1) is 15.2. The predicted molar refractivity (Wildman–Crippen MR) is 75.5 cm³/mol. The van der Waals surface area contributed by atoms with Crippen molar-refractivity contribution >= 4 is 17.3 Å². The fraction of sp³-hybridized carbons (Fsp3) is 0.643. The van der Waals surface area contributed by atoms with Gasteiger partial charge in [-0.2, -0.15) is 0 Å². The summed E-state index contributed by atoms with van der Waals surface area (Å²) in [6.45, 7) is 4.80. The van der Waals surface area contributed by atoms with Gasteiger partial charge in [-0.25, -0.2) is 4.79 Å². The molecule has 3 nitrogen and oxygen atoms in total. The van der Waals surface area contributed by atoms with E-state index in [9.17, 15) is 4.79 Å². The Hall–Kier alpha value is -0.870. The van der Waals surface area contributed by atoms with Crippen molar-refractivity contribution in [3.8, 4) is 0 Å². The summed E-state index contributed by atoms with van der Waals surface area (Å²) in [5.41, 5.74) is 5.85. The summed E-state index contributed by atoms with van der Waals surface area (Å²) < 4.78 is 5.32. The molecular weight excluding hydrogens is 246 g/mol. The van der Waals surface area contributed by atoms with Crippen molar-refractivity contribution in [2.24, 2.45) is 11.7 Å². The van der Waals surface area contributed by atoms with Gasteiger partial charge in [-0.05, 0) is 23.8 Å². The zero-order chi connectivity index (χ0) is 13.4. The third-order valence-corrected chi connectivity index (χ3v) is 4.06. The lowest BCUT2D eigenvalue weighted by molar-refractivity contribution is -0.146. The molecule has 2 N–H and O–H groups in total. The van der Waals surface area contributed by atoms with Crippen LogP contribution >= 0.6 is 11.3 Å². The maximum absolute atomic E-state index is 11.8. The summed E-state index contributed by atoms with van der Waals surface area (Å²) in [4.78, 5) is 12.7. The smallest absolute Gasteiger partial charge is 0.328 e. The Bertz CT molecular complexity index is 338. The number of esters is 1. The minimum absolute atomic E-state index is 0.313. The maximum Gasteiger partial charge on any atom is 0.328 e. The number of unbranched alkanes of at least 4 members (excludes halogenated alkanes) is 1. The zero-order valence-electron chi connectivity index (χ0n) is 11.2. The second-order valence-electron chi connectivity index (χ2n) is 4.54. The molecule has 2 atom stereocenters. The summed E-state index contributed by atoms with van der Waals surface area (Å²) in [5.74, 6) is 0.150. The molecule has 0 aliphatic heterocycles. The molecule has 0 fully saturated rings. The normalized spacial score (nSPS) is 14.2. The van der Waals surface area contributed by atoms with Crippen LogP contribution < -0.4 is 5.73 Å². The number of carbonyl (C=O) groups is 1. The van der Waals surface area contributed by atoms with Crippen LogP contribution in [0, 0.1) is 5.92 Å². The second-order valence-corrected chi connectivity index (χ2v) is 5.52. The highest BCUT2D eigenvalue weighted by Gasteiger charge is 2.19. The molecule has 102 valence electrons. The molecule has 0 aliphatic rings. The molecule has 1 heterocycles. The number of rotatable bonds is 8. The molecule has 1 rings (SSSR count). The summed E-state index contributed by atoms with van der Waals surface area (Å²) in [6, 6.07) is 3.13. The molecule has 0 aromatic carbocycles. The number of ether oxygens (including phenoxy) is 1. The van der Waals surface area contributed by atoms with Crippen molar-refractivity contribution in [1.29, 1.82) is 0 Å². The van der Waals surface area contributed by atoms with E-state index < -0.39 is 6.04 Å². The van der Waals surface area contributed by atoms with Crippen LogP contribution in [0.5, 0.6) is 0 Å². The van der Waals surface area contributed by atoms with E-state index in [2.05, 4.69) is 13.8 Å². The lowest BCUT2D eigenvalue weighted by Crippen LogP contribution is -2.25. The minimum Gasteiger partial charge on any atom is -0.464 e. The predicted octanol–water partition coefficient (Wildman–Crippen LogP) is 3.51. The van der Waals surface area contributed by atoms with Crippen molar-refractivity contribution in [2.45, 2.75) is 45.6 Å². The van der Waals surface area contributed by atoms with Crippen LogP contribution in [-0.2, 0) is 9.53 Å². The Balaban J connectivity index is 2.35. The second kappa shape index (κ2) is 8.27. The lowest BCUT2D eigenvalue weighted by Gasteiger charge is -2.16. The molecule has 1 aromatic rings. The summed E-state index contributed by atoms with van der Waals surface area (Å²) in [5, 5.41) is 1.92. The van der Waals surface area contributed by atoms with Gasteiger partial charge in [0.05, 0.1) is 6.61 Å². The van der Waals surface area contributed by atoms with E-state index in [1.807, 2.05) is 17.5 Å². The number of hydrogen-bond donors (Lipinski definition) is 1. The van der Waals surface area contributed by atoms with Gasteiger partial charge in [0.25, 0.3) is 0 Å². The molecule has 0 spiro atoms. The molecule has 1 aromatic heterocycles. The number of hydrogen-bond acceptors (Lipinski definition) is 4. The molecule has 0 bridgehead atoms. The van der Waals surface area contributed by atoms with Crippen molar-refractivity contribution in [2.75, 3.05) is 6.61 Å². The van der Waals surface area contributed by atoms with Crippen LogP contribution in [-0.4, -0.2) is 12.6 Å². The van der Waals surface area contributed by atoms with Crippen molar-refractivity contribution < 1.29 is 9.53 Å². The van der Waals surface area contributed by atoms with E-state index in [1.54, 1.807) is 0 Å². The highest BCUT2D eigenvalue weighted by atomic mass is 32.1. The van der Waals surface area contributed by atoms with Crippen molar-refractivity contribution in [1.82, 2.24) is 0 Å². The number of carbonyl (C=O) groups excluding carboxylic acids is 1. The van der Waals surface area contributed by atoms with E-state index in [0.29, 0.717) is 12.5 Å². The van der Waals surface area contributed by atoms with Gasteiger partial charge in [-0.3, -0.25) is 0 Å². The molecule has 2 unspecified atom stereocenters. The van der Waals surface area contributed by atoms with Crippen LogP contribution in [0.3, 0.4) is 0 Å². The number of thiophene rings is 1. The van der Waals surface area contributed by atoms with Crippen LogP contribution in [0.2, 0.25) is 0 Å². The van der Waals surface area contributed by atoms with E-state index in [-0.39, 0.29) is 5.97 Å². The largest absolute Gasteiger partial charge is 0.464 e. The Morgan fingerprint density at radius 2 is 2.28 bits per heavy atom. The highest BCUT2D eigenvalue weighted by Crippen LogP contribution is 2.19. The topological polar surface area (TPSA) is 52.3 Å². The summed E-state index contributed by atoms with van der Waals surface area (Å²) >= 11 is 1.49. The van der Waals surface area contributed by atoms with Gasteiger partial charge in [0.1, 0.15) is 6.04 Å². The Labute approximate surface area is 113 Å². The van der Waals surface area contributed by atoms with Crippen molar-refractivity contribution in [3.05, 3.63) is 22.4 Å². The Morgan fingerprint density at radius 1 is 1.50 bits per heavy atom. The van der Waals surface area contributed by atoms with Crippen LogP contribution in [0.1, 0.15) is 50.4 Å². The van der Waals surface area contributed by atoms with Gasteiger partial charge < -0.3 is 10.5 Å². The fourth-order valence-corrected chi connectivity index (χ4v) is 2.49. The van der Waals surface area contributed by atoms with Gasteiger partial charge in [0, 0.05) is 4.88 Å². The number of nitrogens with two attached hydrogens (primary N) is 1. The van der Waals surface area contributed by atoms with E-state index in [0.717, 1.165) is 17.7 Å². The van der Waals surface area contributed by atoms with Gasteiger partial charge in [0.15, 0.2) is 0 Å². The Kier molecular flexibility index (Phi) is 6.98. The van der Waals surface area contributed by atoms with Gasteiger partial charge >= 0.3 is 5.97 Å². The van der Waals surface area contributed by atoms with E-state index >= 15 is 0 Å². The highest BCUT2D eigenvalue weighted by molar-refractivity contribution is 7.10. The fourth-order valence-electron chi connectivity index (χ4n) is 1.77. The molecule has 0 aliphatic carbocycles. The molecule has 0 saturated carbocycles. The molecular formula is C14H23NO2S. The van der Waals surface area contributed by atoms with Gasteiger partial charge in [-0.15, -0.1) is 11.3 Å². The first-order valence-corrected chi connectivity index (χ1v) is 7.52. The lowest BCUT2D eigenvalue weighted by atomic mass is 10.0. The average Bonchev–Trinajstić information content (AvgIpc) is 2.91. The Morgan fingerprint density at radius 3 is 2.83 bits per heavy atom. The summed E-state index contributed by atoms with van der Waals surface area (Å²) in [6.07, 6.45) is 4.53. The van der Waals surface area contributed by atoms with Crippen LogP contribution in [0.25, 0.3) is 0 Å². The molecule has 0 radical (unpaired) electrons. The average molecular weight is 269 g/mol. The molecule has 4 heteroatoms. The SMILES string of the molecule is CCCCC(CC)COC(=O)C(N)c1cccs1. The minimum atomic E-state index is -0.631. The first-order valence-electron chi connectivity index (χ1n) is 6.64. The van der Waals surface area contributed by atoms with Crippen molar-refractivity contribution in [3.63, 3.8) is 0 Å². The quantitative estimate of drug-likeness (QED) is 0.735. The van der Waals surface area contributed by atoms with E-state index in [4.69, 9.17) is 10.5 Å². The standard InChI is InChI=1S/C14H23NO2S/c1-3-5-7-11(4-2)10-17-14(16)13(15)12-8-6-9-18-12/h6,8-9,11,13H,3-5,7,10,15H2,1-2H3. The summed E-state index contributed by atoms with van der Waals surface area (Å²) in [7, 11) is 0. The van der Waals surface area contributed by atoms with Gasteiger partial charge in [0.2, 0.25) is 0 Å². The van der Waals surface area contributed by atoms with E-state index in [1.165, 1.54) is 24.2 Å². The van der Waals surface area contributed by atoms with Gasteiger partial charge in [-0.1, -0.05) is 39.2 Å². The monoisotopic (exact) mass is 269 g/mol. The third kappa shape index (κ3) is 4.78. The molecule has 0 saturated heterocycles. The van der Waals surface area contributed by atoms with Crippen LogP contribution in [0.15, 0.2) is 17.5 Å². The molecule has 0 amide bonds. The maximum atomic E-state index is 11.8. The zero-order valence-corrected chi connectivity index (χ0v) is 12.0. The van der Waals surface area contributed by atoms with Crippen LogP contribution in [0.4, 0.5) is 0 Å². The third-order valence-electron chi connectivity index (χ3n) is 3.11. The molecule has 18 heavy (non-hydrogen) atoms.